The molecule has 3 aromatic heterocycles. The lowest BCUT2D eigenvalue weighted by atomic mass is 9.99. The molecule has 5 heteroatoms. The van der Waals surface area contributed by atoms with E-state index in [1.54, 1.807) is 0 Å². The molecule has 0 N–H and O–H groups in total. The summed E-state index contributed by atoms with van der Waals surface area (Å²) in [7, 11) is 0. The van der Waals surface area contributed by atoms with Crippen molar-refractivity contribution in [2.45, 2.75) is 0 Å². The van der Waals surface area contributed by atoms with Gasteiger partial charge in [-0.3, -0.25) is 0 Å². The number of aromatic nitrogens is 3. The first-order valence-corrected chi connectivity index (χ1v) is 17.4. The Morgan fingerprint density at radius 3 is 1.94 bits per heavy atom. The van der Waals surface area contributed by atoms with Crippen LogP contribution in [0.5, 0.6) is 0 Å². The van der Waals surface area contributed by atoms with Gasteiger partial charge in [0.2, 0.25) is 0 Å². The minimum absolute atomic E-state index is 0.0104. The van der Waals surface area contributed by atoms with Crippen molar-refractivity contribution in [1.29, 1.82) is 0 Å². The van der Waals surface area contributed by atoms with E-state index in [9.17, 15) is 2.74 Å². The molecule has 0 amide bonds. The number of furan rings is 2. The minimum Gasteiger partial charge on any atom is -0.456 e. The summed E-state index contributed by atoms with van der Waals surface area (Å²) in [5, 5.41) is 2.51. The number of rotatable bonds is 5. The van der Waals surface area contributed by atoms with Crippen LogP contribution in [0, 0.1) is 0 Å². The second-order valence-corrected chi connectivity index (χ2v) is 13.0. The van der Waals surface area contributed by atoms with Crippen LogP contribution in [0.3, 0.4) is 0 Å². The minimum atomic E-state index is -0.363. The molecule has 0 radical (unpaired) electrons. The predicted molar refractivity (Wildman–Crippen MR) is 219 cm³/mol. The molecular weight excluding hydrogens is 663 g/mol. The van der Waals surface area contributed by atoms with Crippen molar-refractivity contribution in [2.75, 3.05) is 0 Å². The largest absolute Gasteiger partial charge is 0.456 e. The Morgan fingerprint density at radius 1 is 0.389 bits per heavy atom. The maximum atomic E-state index is 9.33. The lowest BCUT2D eigenvalue weighted by molar-refractivity contribution is 0.669. The highest BCUT2D eigenvalue weighted by molar-refractivity contribution is 6.19. The maximum absolute atomic E-state index is 9.33. The van der Waals surface area contributed by atoms with Crippen LogP contribution in [0.4, 0.5) is 0 Å². The van der Waals surface area contributed by atoms with Crippen LogP contribution in [0.25, 0.3) is 111 Å². The van der Waals surface area contributed by atoms with Crippen molar-refractivity contribution in [2.24, 2.45) is 0 Å². The third-order valence-corrected chi connectivity index (χ3v) is 9.82. The second kappa shape index (κ2) is 12.1. The van der Waals surface area contributed by atoms with Crippen LogP contribution in [0.2, 0.25) is 0 Å². The molecule has 0 atom stereocenters. The van der Waals surface area contributed by atoms with Crippen molar-refractivity contribution >= 4 is 54.6 Å². The standard InChI is InChI=1S/C49H29N3O2/c1-3-12-30(13-4-1)33-17-9-18-34(28-33)47-50-48(35-25-26-38-43(29-35)53-41-22-10-20-36(44(38)41)31-14-5-2-6-15-31)52-49(51-47)40-21-11-23-42-45(40)39-27-24-32-16-7-8-19-37(32)46(39)54-42/h1-29H/i7D,8D,11D,16D,21D,24D,27D. The summed E-state index contributed by atoms with van der Waals surface area (Å²) in [6, 6.07) is 40.4. The lowest BCUT2D eigenvalue weighted by Crippen LogP contribution is -2.00. The van der Waals surface area contributed by atoms with E-state index in [1.807, 2.05) is 103 Å². The molecule has 8 aromatic carbocycles. The van der Waals surface area contributed by atoms with Crippen molar-refractivity contribution in [3.63, 3.8) is 0 Å². The van der Waals surface area contributed by atoms with Gasteiger partial charge >= 0.3 is 0 Å². The fraction of sp³-hybridized carbons (Fsp3) is 0. The molecule has 5 nitrogen and oxygen atoms in total. The van der Waals surface area contributed by atoms with Crippen LogP contribution < -0.4 is 0 Å². The summed E-state index contributed by atoms with van der Waals surface area (Å²) in [5.41, 5.74) is 7.01. The fourth-order valence-corrected chi connectivity index (χ4v) is 7.30. The molecule has 0 saturated heterocycles. The van der Waals surface area contributed by atoms with E-state index >= 15 is 0 Å². The summed E-state index contributed by atoms with van der Waals surface area (Å²) in [5.74, 6) is 0.607. The van der Waals surface area contributed by atoms with Crippen molar-refractivity contribution in [1.82, 2.24) is 15.0 Å². The molecule has 11 rings (SSSR count). The van der Waals surface area contributed by atoms with Crippen molar-refractivity contribution in [3.05, 3.63) is 176 Å². The quantitative estimate of drug-likeness (QED) is 0.179. The normalized spacial score (nSPS) is 13.5. The van der Waals surface area contributed by atoms with Gasteiger partial charge in [0.05, 0.1) is 9.60 Å². The van der Waals surface area contributed by atoms with Crippen LogP contribution in [-0.2, 0) is 0 Å². The Labute approximate surface area is 319 Å². The molecule has 54 heavy (non-hydrogen) atoms. The zero-order chi connectivity index (χ0) is 41.7. The summed E-state index contributed by atoms with van der Waals surface area (Å²) in [6.45, 7) is 0. The van der Waals surface area contributed by atoms with Crippen LogP contribution >= 0.6 is 0 Å². The SMILES string of the molecule is [2H]c1cc2c(c([2H])c1[2H])c([2H])c([2H])c1c2oc2cc([2H])c([2H])c(-c3nc(-c4cccc(-c5ccccc5)c4)nc(-c4ccc5c(c4)oc4cccc(-c6ccccc6)c45)n3)c21. The van der Waals surface area contributed by atoms with Crippen molar-refractivity contribution in [3.8, 4) is 56.4 Å². The molecule has 0 spiro atoms. The number of nitrogens with zero attached hydrogens (tertiary/aromatic N) is 3. The number of fused-ring (bicyclic) bond motifs is 8. The molecule has 0 bridgehead atoms. The number of hydrogen-bond acceptors (Lipinski definition) is 5. The first kappa shape index (κ1) is 24.0. The Bertz CT molecular complexity index is 3630. The van der Waals surface area contributed by atoms with Crippen molar-refractivity contribution < 1.29 is 18.4 Å². The van der Waals surface area contributed by atoms with Gasteiger partial charge in [-0.2, -0.15) is 0 Å². The highest BCUT2D eigenvalue weighted by atomic mass is 16.3. The predicted octanol–water partition coefficient (Wildman–Crippen LogP) is 13.2. The van der Waals surface area contributed by atoms with E-state index in [2.05, 4.69) is 18.2 Å². The van der Waals surface area contributed by atoms with Gasteiger partial charge in [-0.1, -0.05) is 139 Å². The van der Waals surface area contributed by atoms with E-state index in [1.165, 1.54) is 12.1 Å². The monoisotopic (exact) mass is 698 g/mol. The smallest absolute Gasteiger partial charge is 0.164 e. The summed E-state index contributed by atoms with van der Waals surface area (Å²) in [4.78, 5) is 15.0. The molecule has 0 fully saturated rings. The number of benzene rings is 8. The second-order valence-electron chi connectivity index (χ2n) is 13.0. The first-order valence-electron chi connectivity index (χ1n) is 20.9. The van der Waals surface area contributed by atoms with E-state index in [4.69, 9.17) is 30.6 Å². The van der Waals surface area contributed by atoms with Gasteiger partial charge in [0.15, 0.2) is 17.5 Å². The molecule has 0 aliphatic carbocycles. The molecule has 0 aliphatic heterocycles. The Kier molecular flexibility index (Phi) is 5.38. The average Bonchev–Trinajstić information content (AvgIpc) is 3.86. The van der Waals surface area contributed by atoms with Gasteiger partial charge in [0.25, 0.3) is 0 Å². The van der Waals surface area contributed by atoms with E-state index < -0.39 is 0 Å². The molecule has 252 valence electrons. The Morgan fingerprint density at radius 2 is 1.09 bits per heavy atom. The van der Waals surface area contributed by atoms with Crippen LogP contribution in [0.15, 0.2) is 185 Å². The summed E-state index contributed by atoms with van der Waals surface area (Å²) < 4.78 is 74.5. The zero-order valence-electron chi connectivity index (χ0n) is 35.4. The third kappa shape index (κ3) is 4.90. The van der Waals surface area contributed by atoms with E-state index in [0.717, 1.165) is 38.6 Å². The molecule has 0 unspecified atom stereocenters. The van der Waals surface area contributed by atoms with Gasteiger partial charge in [0, 0.05) is 43.6 Å². The fourth-order valence-electron chi connectivity index (χ4n) is 7.30. The highest BCUT2D eigenvalue weighted by Gasteiger charge is 2.20. The average molecular weight is 699 g/mol. The van der Waals surface area contributed by atoms with Gasteiger partial charge in [-0.25, -0.2) is 15.0 Å². The molecule has 0 saturated carbocycles. The summed E-state index contributed by atoms with van der Waals surface area (Å²) in [6.07, 6.45) is 0. The molecule has 11 aromatic rings. The summed E-state index contributed by atoms with van der Waals surface area (Å²) >= 11 is 0. The Hall–Kier alpha value is -7.37. The molecular formula is C49H29N3O2. The van der Waals surface area contributed by atoms with Gasteiger partial charge in [0.1, 0.15) is 22.3 Å². The van der Waals surface area contributed by atoms with Gasteiger partial charge < -0.3 is 8.83 Å². The number of hydrogen-bond donors (Lipinski definition) is 0. The maximum Gasteiger partial charge on any atom is 0.164 e. The third-order valence-electron chi connectivity index (χ3n) is 9.82. The zero-order valence-corrected chi connectivity index (χ0v) is 28.4. The topological polar surface area (TPSA) is 65.0 Å². The Balaban J connectivity index is 1.19. The van der Waals surface area contributed by atoms with Gasteiger partial charge in [-0.05, 0) is 64.0 Å². The highest BCUT2D eigenvalue weighted by Crippen LogP contribution is 2.41. The van der Waals surface area contributed by atoms with E-state index in [-0.39, 0.29) is 92.2 Å². The first-order chi connectivity index (χ1) is 29.6. The van der Waals surface area contributed by atoms with Crippen LogP contribution in [-0.4, -0.2) is 15.0 Å². The molecule has 0 aliphatic rings. The van der Waals surface area contributed by atoms with Gasteiger partial charge in [-0.15, -0.1) is 0 Å². The molecule has 3 heterocycles. The van der Waals surface area contributed by atoms with E-state index in [0.29, 0.717) is 22.5 Å². The van der Waals surface area contributed by atoms with Crippen LogP contribution in [0.1, 0.15) is 9.60 Å². The lowest BCUT2D eigenvalue weighted by Gasteiger charge is -2.10.